The molecule has 0 spiro atoms. The fourth-order valence-electron chi connectivity index (χ4n) is 1.59. The first-order valence-electron chi connectivity index (χ1n) is 5.16. The van der Waals surface area contributed by atoms with Gasteiger partial charge in [0.25, 0.3) is 0 Å². The Morgan fingerprint density at radius 1 is 1.40 bits per heavy atom. The Hall–Kier alpha value is -1.10. The van der Waals surface area contributed by atoms with Gasteiger partial charge in [0.1, 0.15) is 0 Å². The van der Waals surface area contributed by atoms with Crippen LogP contribution in [0.5, 0.6) is 0 Å². The molecule has 1 fully saturated rings. The number of hydrogen-bond donors (Lipinski definition) is 1. The van der Waals surface area contributed by atoms with E-state index in [-0.39, 0.29) is 11.8 Å². The van der Waals surface area contributed by atoms with E-state index in [1.807, 2.05) is 0 Å². The molecule has 15 heavy (non-hydrogen) atoms. The second-order valence-corrected chi connectivity index (χ2v) is 4.19. The second-order valence-electron chi connectivity index (χ2n) is 4.19. The van der Waals surface area contributed by atoms with Gasteiger partial charge in [0.05, 0.1) is 5.92 Å². The predicted molar refractivity (Wildman–Crippen MR) is 55.5 cm³/mol. The molecule has 1 aliphatic rings. The molecule has 1 N–H and O–H groups in total. The molecule has 0 unspecified atom stereocenters. The summed E-state index contributed by atoms with van der Waals surface area (Å²) in [6.45, 7) is 2.08. The number of hydrogen-bond acceptors (Lipinski definition) is 3. The van der Waals surface area contributed by atoms with Crippen LogP contribution in [-0.4, -0.2) is 60.5 Å². The molecule has 0 aromatic rings. The van der Waals surface area contributed by atoms with Gasteiger partial charge >= 0.3 is 5.97 Å². The minimum atomic E-state index is -0.712. The predicted octanol–water partition coefficient (Wildman–Crippen LogP) is -0.129. The largest absolute Gasteiger partial charge is 0.481 e. The molecule has 1 amide bonds. The Kier molecular flexibility index (Phi) is 4.08. The number of aliphatic carboxylic acids is 1. The zero-order chi connectivity index (χ0) is 11.4. The van der Waals surface area contributed by atoms with Gasteiger partial charge < -0.3 is 14.9 Å². The number of rotatable bonds is 5. The van der Waals surface area contributed by atoms with E-state index < -0.39 is 5.97 Å². The zero-order valence-electron chi connectivity index (χ0n) is 9.27. The van der Waals surface area contributed by atoms with Crippen molar-refractivity contribution in [2.75, 3.05) is 33.7 Å². The molecule has 0 aliphatic carbocycles. The molecule has 0 aromatic carbocycles. The van der Waals surface area contributed by atoms with Crippen LogP contribution in [0.25, 0.3) is 0 Å². The summed E-state index contributed by atoms with van der Waals surface area (Å²) in [5.41, 5.74) is 0. The number of nitrogens with zero attached hydrogens (tertiary/aromatic N) is 2. The van der Waals surface area contributed by atoms with Crippen LogP contribution in [0.2, 0.25) is 0 Å². The second kappa shape index (κ2) is 5.11. The molecular weight excluding hydrogens is 196 g/mol. The molecule has 5 heteroatoms. The summed E-state index contributed by atoms with van der Waals surface area (Å²) in [6.07, 6.45) is 1.35. The normalized spacial score (nSPS) is 17.2. The quantitative estimate of drug-likeness (QED) is 0.692. The summed E-state index contributed by atoms with van der Waals surface area (Å²) < 4.78 is 0. The molecule has 0 radical (unpaired) electrons. The van der Waals surface area contributed by atoms with Crippen LogP contribution < -0.4 is 0 Å². The van der Waals surface area contributed by atoms with Gasteiger partial charge in [0.2, 0.25) is 5.91 Å². The Balaban J connectivity index is 2.04. The number of amides is 1. The molecule has 86 valence electrons. The summed E-state index contributed by atoms with van der Waals surface area (Å²) in [6, 6.07) is 0. The molecule has 1 saturated heterocycles. The van der Waals surface area contributed by atoms with E-state index in [0.29, 0.717) is 19.5 Å². The molecule has 0 saturated carbocycles. The summed E-state index contributed by atoms with van der Waals surface area (Å²) in [4.78, 5) is 25.4. The first kappa shape index (κ1) is 12.0. The topological polar surface area (TPSA) is 60.9 Å². The average Bonchev–Trinajstić information content (AvgIpc) is 2.07. The van der Waals surface area contributed by atoms with Crippen molar-refractivity contribution in [2.24, 2.45) is 5.92 Å². The third kappa shape index (κ3) is 3.51. The van der Waals surface area contributed by atoms with Crippen LogP contribution in [0, 0.1) is 5.92 Å². The van der Waals surface area contributed by atoms with E-state index >= 15 is 0 Å². The van der Waals surface area contributed by atoms with Gasteiger partial charge in [-0.25, -0.2) is 0 Å². The average molecular weight is 214 g/mol. The van der Waals surface area contributed by atoms with Crippen molar-refractivity contribution in [3.8, 4) is 0 Å². The number of carboxylic acid groups (broad SMARTS) is 1. The van der Waals surface area contributed by atoms with E-state index in [1.165, 1.54) is 0 Å². The Labute approximate surface area is 89.7 Å². The summed E-state index contributed by atoms with van der Waals surface area (Å²) >= 11 is 0. The highest BCUT2D eigenvalue weighted by Crippen LogP contribution is 2.15. The molecule has 1 rings (SSSR count). The first-order valence-corrected chi connectivity index (χ1v) is 5.16. The molecule has 0 bridgehead atoms. The lowest BCUT2D eigenvalue weighted by Crippen LogP contribution is -2.50. The Morgan fingerprint density at radius 2 is 2.00 bits per heavy atom. The van der Waals surface area contributed by atoms with E-state index in [9.17, 15) is 9.59 Å². The van der Waals surface area contributed by atoms with Gasteiger partial charge in [-0.05, 0) is 13.0 Å². The van der Waals surface area contributed by atoms with Gasteiger partial charge in [0.15, 0.2) is 0 Å². The van der Waals surface area contributed by atoms with Crippen LogP contribution in [0.3, 0.4) is 0 Å². The molecule has 5 nitrogen and oxygen atoms in total. The minimum absolute atomic E-state index is 0.130. The third-order valence-electron chi connectivity index (χ3n) is 2.67. The summed E-state index contributed by atoms with van der Waals surface area (Å²) in [5, 5.41) is 8.65. The number of carboxylic acids is 1. The SMILES string of the molecule is CN(C)C(=O)CCCN1CC(C(=O)O)C1. The van der Waals surface area contributed by atoms with Crippen molar-refractivity contribution in [3.63, 3.8) is 0 Å². The number of carbonyl (C=O) groups is 2. The van der Waals surface area contributed by atoms with Crippen molar-refractivity contribution in [3.05, 3.63) is 0 Å². The summed E-state index contributed by atoms with van der Waals surface area (Å²) in [7, 11) is 3.48. The maximum Gasteiger partial charge on any atom is 0.309 e. The van der Waals surface area contributed by atoms with Crippen molar-refractivity contribution in [2.45, 2.75) is 12.8 Å². The maximum atomic E-state index is 11.2. The third-order valence-corrected chi connectivity index (χ3v) is 2.67. The molecular formula is C10H18N2O3. The zero-order valence-corrected chi connectivity index (χ0v) is 9.27. The molecule has 1 heterocycles. The van der Waals surface area contributed by atoms with E-state index in [1.54, 1.807) is 19.0 Å². The van der Waals surface area contributed by atoms with Crippen molar-refractivity contribution in [1.82, 2.24) is 9.80 Å². The van der Waals surface area contributed by atoms with Crippen LogP contribution in [0.15, 0.2) is 0 Å². The lowest BCUT2D eigenvalue weighted by atomic mass is 10.0. The van der Waals surface area contributed by atoms with Gasteiger partial charge in [-0.15, -0.1) is 0 Å². The highest BCUT2D eigenvalue weighted by Gasteiger charge is 2.31. The molecule has 0 aromatic heterocycles. The minimum Gasteiger partial charge on any atom is -0.481 e. The fourth-order valence-corrected chi connectivity index (χ4v) is 1.59. The summed E-state index contributed by atoms with van der Waals surface area (Å²) in [5.74, 6) is -0.782. The number of carbonyl (C=O) groups excluding carboxylic acids is 1. The van der Waals surface area contributed by atoms with Crippen LogP contribution in [-0.2, 0) is 9.59 Å². The maximum absolute atomic E-state index is 11.2. The molecule has 1 aliphatic heterocycles. The van der Waals surface area contributed by atoms with Crippen LogP contribution >= 0.6 is 0 Å². The Bertz CT molecular complexity index is 247. The lowest BCUT2D eigenvalue weighted by Gasteiger charge is -2.36. The van der Waals surface area contributed by atoms with Gasteiger partial charge in [-0.2, -0.15) is 0 Å². The van der Waals surface area contributed by atoms with E-state index in [0.717, 1.165) is 13.0 Å². The standard InChI is InChI=1S/C10H18N2O3/c1-11(2)9(13)4-3-5-12-6-8(7-12)10(14)15/h8H,3-7H2,1-2H3,(H,14,15). The fraction of sp³-hybridized carbons (Fsp3) is 0.800. The first-order chi connectivity index (χ1) is 7.00. The smallest absolute Gasteiger partial charge is 0.309 e. The van der Waals surface area contributed by atoms with Crippen molar-refractivity contribution in [1.29, 1.82) is 0 Å². The number of likely N-dealkylation sites (tertiary alicyclic amines) is 1. The van der Waals surface area contributed by atoms with E-state index in [4.69, 9.17) is 5.11 Å². The van der Waals surface area contributed by atoms with Crippen molar-refractivity contribution >= 4 is 11.9 Å². The van der Waals surface area contributed by atoms with Gasteiger partial charge in [-0.1, -0.05) is 0 Å². The van der Waals surface area contributed by atoms with Crippen LogP contribution in [0.4, 0.5) is 0 Å². The Morgan fingerprint density at radius 3 is 2.47 bits per heavy atom. The van der Waals surface area contributed by atoms with E-state index in [2.05, 4.69) is 4.90 Å². The lowest BCUT2D eigenvalue weighted by molar-refractivity contribution is -0.147. The van der Waals surface area contributed by atoms with Crippen molar-refractivity contribution < 1.29 is 14.7 Å². The van der Waals surface area contributed by atoms with Gasteiger partial charge in [-0.3, -0.25) is 9.59 Å². The highest BCUT2D eigenvalue weighted by atomic mass is 16.4. The van der Waals surface area contributed by atoms with Gasteiger partial charge in [0, 0.05) is 33.6 Å². The monoisotopic (exact) mass is 214 g/mol. The molecule has 0 atom stereocenters. The van der Waals surface area contributed by atoms with Crippen LogP contribution in [0.1, 0.15) is 12.8 Å². The highest BCUT2D eigenvalue weighted by molar-refractivity contribution is 5.75.